The summed E-state index contributed by atoms with van der Waals surface area (Å²) in [7, 11) is 0. The second-order valence-corrected chi connectivity index (χ2v) is 7.11. The Hall–Kier alpha value is -1.56. The van der Waals surface area contributed by atoms with Crippen LogP contribution in [0.4, 0.5) is 10.6 Å². The number of amides is 1. The predicted molar refractivity (Wildman–Crippen MR) is 84.8 cm³/mol. The Morgan fingerprint density at radius 3 is 2.90 bits per heavy atom. The summed E-state index contributed by atoms with van der Waals surface area (Å²) in [6.07, 6.45) is 3.40. The van der Waals surface area contributed by atoms with Crippen LogP contribution in [0.1, 0.15) is 32.9 Å². The molecule has 0 aliphatic carbocycles. The van der Waals surface area contributed by atoms with E-state index in [1.54, 1.807) is 4.90 Å². The molecule has 2 aromatic heterocycles. The van der Waals surface area contributed by atoms with Crippen LogP contribution in [0.3, 0.4) is 0 Å². The molecule has 0 aromatic carbocycles. The normalized spacial score (nSPS) is 15.1. The average Bonchev–Trinajstić information content (AvgIpc) is 2.73. The van der Waals surface area contributed by atoms with Gasteiger partial charge in [-0.3, -0.25) is 9.30 Å². The van der Waals surface area contributed by atoms with Crippen molar-refractivity contribution in [3.8, 4) is 0 Å². The third kappa shape index (κ3) is 2.77. The maximum absolute atomic E-state index is 12.4. The van der Waals surface area contributed by atoms with Gasteiger partial charge in [-0.2, -0.15) is 0 Å². The Bertz CT molecular complexity index is 703. The van der Waals surface area contributed by atoms with Crippen molar-refractivity contribution in [3.63, 3.8) is 0 Å². The van der Waals surface area contributed by atoms with Gasteiger partial charge in [-0.05, 0) is 45.7 Å². The van der Waals surface area contributed by atoms with E-state index in [0.29, 0.717) is 6.54 Å². The van der Waals surface area contributed by atoms with E-state index in [9.17, 15) is 4.79 Å². The Kier molecular flexibility index (Phi) is 3.43. The molecule has 0 radical (unpaired) electrons. The number of carbonyl (C=O) groups is 1. The van der Waals surface area contributed by atoms with Gasteiger partial charge in [0.2, 0.25) is 0 Å². The Balaban J connectivity index is 2.04. The number of ether oxygens (including phenoxy) is 1. The summed E-state index contributed by atoms with van der Waals surface area (Å²) in [5.74, 6) is 0.831. The maximum Gasteiger partial charge on any atom is 0.416 e. The molecule has 0 atom stereocenters. The van der Waals surface area contributed by atoms with Crippen molar-refractivity contribution in [2.45, 2.75) is 39.2 Å². The van der Waals surface area contributed by atoms with Gasteiger partial charge < -0.3 is 4.74 Å². The number of halogens is 1. The quantitative estimate of drug-likeness (QED) is 0.725. The van der Waals surface area contributed by atoms with Gasteiger partial charge in [0, 0.05) is 17.2 Å². The molecule has 0 spiro atoms. The molecule has 21 heavy (non-hydrogen) atoms. The molecule has 2 aromatic rings. The number of aromatic nitrogens is 2. The van der Waals surface area contributed by atoms with E-state index in [1.807, 2.05) is 43.5 Å². The minimum atomic E-state index is -0.502. The summed E-state index contributed by atoms with van der Waals surface area (Å²) < 4.78 is 8.43. The van der Waals surface area contributed by atoms with Crippen molar-refractivity contribution in [3.05, 3.63) is 28.5 Å². The lowest BCUT2D eigenvalue weighted by atomic mass is 10.1. The monoisotopic (exact) mass is 351 g/mol. The van der Waals surface area contributed by atoms with Gasteiger partial charge in [-0.1, -0.05) is 15.9 Å². The fraction of sp³-hybridized carbons (Fsp3) is 0.467. The minimum absolute atomic E-state index is 0.312. The molecule has 6 heteroatoms. The van der Waals surface area contributed by atoms with Gasteiger partial charge >= 0.3 is 6.09 Å². The average molecular weight is 352 g/mol. The molecule has 0 N–H and O–H groups in total. The van der Waals surface area contributed by atoms with Crippen molar-refractivity contribution in [2.24, 2.45) is 0 Å². The third-order valence-corrected chi connectivity index (χ3v) is 3.79. The number of hydrogen-bond acceptors (Lipinski definition) is 3. The Morgan fingerprint density at radius 2 is 2.19 bits per heavy atom. The number of fused-ring (bicyclic) bond motifs is 3. The summed E-state index contributed by atoms with van der Waals surface area (Å²) in [5.41, 5.74) is 1.29. The smallest absolute Gasteiger partial charge is 0.416 e. The van der Waals surface area contributed by atoms with Gasteiger partial charge in [-0.15, -0.1) is 0 Å². The number of hydrogen-bond donors (Lipinski definition) is 0. The van der Waals surface area contributed by atoms with Crippen LogP contribution in [0.25, 0.3) is 5.65 Å². The van der Waals surface area contributed by atoms with E-state index in [4.69, 9.17) is 4.74 Å². The van der Waals surface area contributed by atoms with E-state index < -0.39 is 5.60 Å². The van der Waals surface area contributed by atoms with Crippen LogP contribution in [0, 0.1) is 0 Å². The van der Waals surface area contributed by atoms with Crippen LogP contribution in [0.5, 0.6) is 0 Å². The van der Waals surface area contributed by atoms with E-state index in [-0.39, 0.29) is 6.09 Å². The molecule has 1 amide bonds. The summed E-state index contributed by atoms with van der Waals surface area (Å²) >= 11 is 3.45. The highest BCUT2D eigenvalue weighted by atomic mass is 79.9. The van der Waals surface area contributed by atoms with Crippen LogP contribution >= 0.6 is 15.9 Å². The highest BCUT2D eigenvalue weighted by molar-refractivity contribution is 9.10. The van der Waals surface area contributed by atoms with Gasteiger partial charge in [0.15, 0.2) is 0 Å². The van der Waals surface area contributed by atoms with Gasteiger partial charge in [0.1, 0.15) is 17.1 Å². The van der Waals surface area contributed by atoms with Gasteiger partial charge in [0.25, 0.3) is 0 Å². The van der Waals surface area contributed by atoms with E-state index >= 15 is 0 Å². The zero-order chi connectivity index (χ0) is 15.2. The van der Waals surface area contributed by atoms with Gasteiger partial charge in [0.05, 0.1) is 5.69 Å². The van der Waals surface area contributed by atoms with Crippen molar-refractivity contribution in [2.75, 3.05) is 11.4 Å². The fourth-order valence-corrected chi connectivity index (χ4v) is 2.84. The van der Waals surface area contributed by atoms with E-state index in [0.717, 1.165) is 34.5 Å². The molecule has 3 heterocycles. The van der Waals surface area contributed by atoms with Crippen molar-refractivity contribution in [1.82, 2.24) is 9.38 Å². The lowest BCUT2D eigenvalue weighted by molar-refractivity contribution is 0.0576. The predicted octanol–water partition coefficient (Wildman–Crippen LogP) is 3.78. The van der Waals surface area contributed by atoms with Crippen LogP contribution in [0.2, 0.25) is 0 Å². The van der Waals surface area contributed by atoms with E-state index in [2.05, 4.69) is 20.9 Å². The Labute approximate surface area is 132 Å². The molecular formula is C15H18BrN3O2. The first kappa shape index (κ1) is 14.4. The summed E-state index contributed by atoms with van der Waals surface area (Å²) in [6, 6.07) is 3.89. The van der Waals surface area contributed by atoms with E-state index in [1.165, 1.54) is 0 Å². The van der Waals surface area contributed by atoms with Crippen LogP contribution in [0.15, 0.2) is 22.8 Å². The van der Waals surface area contributed by atoms with Crippen LogP contribution < -0.4 is 4.90 Å². The first-order valence-corrected chi connectivity index (χ1v) is 7.81. The van der Waals surface area contributed by atoms with Crippen molar-refractivity contribution < 1.29 is 9.53 Å². The molecule has 0 fully saturated rings. The molecule has 1 aliphatic heterocycles. The van der Waals surface area contributed by atoms with Crippen molar-refractivity contribution in [1.29, 1.82) is 0 Å². The summed E-state index contributed by atoms with van der Waals surface area (Å²) in [5, 5.41) is 0. The first-order valence-electron chi connectivity index (χ1n) is 7.02. The Morgan fingerprint density at radius 1 is 1.43 bits per heavy atom. The second kappa shape index (κ2) is 5.02. The van der Waals surface area contributed by atoms with Crippen molar-refractivity contribution >= 4 is 33.5 Å². The molecular weight excluding hydrogens is 334 g/mol. The lowest BCUT2D eigenvalue weighted by Gasteiger charge is -2.29. The van der Waals surface area contributed by atoms with Gasteiger partial charge in [-0.25, -0.2) is 9.78 Å². The number of nitrogens with zero attached hydrogens (tertiary/aromatic N) is 3. The highest BCUT2D eigenvalue weighted by Crippen LogP contribution is 2.30. The molecule has 0 bridgehead atoms. The number of anilines is 1. The molecule has 3 rings (SSSR count). The minimum Gasteiger partial charge on any atom is -0.443 e. The number of imidazole rings is 1. The standard InChI is InChI=1S/C15H18BrN3O2/c1-15(2,3)21-14(20)19-7-4-5-11-13(19)18-8-6-10(16)9-12(18)17-11/h6,8-9H,4-5,7H2,1-3H3. The number of aryl methyl sites for hydroxylation is 1. The topological polar surface area (TPSA) is 46.8 Å². The zero-order valence-corrected chi connectivity index (χ0v) is 14.0. The fourth-order valence-electron chi connectivity index (χ4n) is 2.51. The molecule has 0 unspecified atom stereocenters. The molecule has 112 valence electrons. The van der Waals surface area contributed by atoms with Crippen LogP contribution in [-0.2, 0) is 11.2 Å². The zero-order valence-electron chi connectivity index (χ0n) is 12.4. The number of rotatable bonds is 0. The molecule has 0 saturated carbocycles. The lowest BCUT2D eigenvalue weighted by Crippen LogP contribution is -2.40. The largest absolute Gasteiger partial charge is 0.443 e. The molecule has 0 saturated heterocycles. The van der Waals surface area contributed by atoms with Crippen LogP contribution in [-0.4, -0.2) is 27.6 Å². The molecule has 1 aliphatic rings. The SMILES string of the molecule is CC(C)(C)OC(=O)N1CCCc2nc3cc(Br)ccn3c21. The first-order chi connectivity index (χ1) is 9.85. The number of pyridine rings is 1. The summed E-state index contributed by atoms with van der Waals surface area (Å²) in [6.45, 7) is 6.29. The summed E-state index contributed by atoms with van der Waals surface area (Å²) in [4.78, 5) is 18.8. The maximum atomic E-state index is 12.4. The number of carbonyl (C=O) groups excluding carboxylic acids is 1. The second-order valence-electron chi connectivity index (χ2n) is 6.19. The highest BCUT2D eigenvalue weighted by Gasteiger charge is 2.30. The molecule has 5 nitrogen and oxygen atoms in total. The third-order valence-electron chi connectivity index (χ3n) is 3.30.